The van der Waals surface area contributed by atoms with Crippen molar-refractivity contribution in [1.29, 1.82) is 0 Å². The van der Waals surface area contributed by atoms with Crippen molar-refractivity contribution in [3.05, 3.63) is 70.9 Å². The minimum atomic E-state index is -0.253. The van der Waals surface area contributed by atoms with E-state index in [2.05, 4.69) is 15.4 Å². The van der Waals surface area contributed by atoms with Gasteiger partial charge in [0.15, 0.2) is 11.5 Å². The number of ether oxygens (including phenoxy) is 1. The predicted octanol–water partition coefficient (Wildman–Crippen LogP) is 4.57. The summed E-state index contributed by atoms with van der Waals surface area (Å²) in [7, 11) is 1.62. The maximum Gasteiger partial charge on any atom is 0.273 e. The average Bonchev–Trinajstić information content (AvgIpc) is 3.48. The van der Waals surface area contributed by atoms with Gasteiger partial charge < -0.3 is 14.6 Å². The number of rotatable bonds is 7. The molecule has 1 atom stereocenters. The highest BCUT2D eigenvalue weighted by molar-refractivity contribution is 6.30. The maximum absolute atomic E-state index is 12.7. The molecule has 30 heavy (non-hydrogen) atoms. The fraction of sp³-hybridized carbons (Fsp3) is 0.304. The zero-order valence-electron chi connectivity index (χ0n) is 16.8. The first-order valence-electron chi connectivity index (χ1n) is 10.0. The Morgan fingerprint density at radius 3 is 2.53 bits per heavy atom. The molecule has 1 aliphatic heterocycles. The second-order valence-corrected chi connectivity index (χ2v) is 7.76. The largest absolute Gasteiger partial charge is 0.497 e. The van der Waals surface area contributed by atoms with E-state index in [-0.39, 0.29) is 17.6 Å². The van der Waals surface area contributed by atoms with Crippen LogP contribution in [-0.2, 0) is 0 Å². The van der Waals surface area contributed by atoms with Gasteiger partial charge in [-0.15, -0.1) is 0 Å². The molecule has 1 saturated heterocycles. The van der Waals surface area contributed by atoms with Gasteiger partial charge in [-0.2, -0.15) is 0 Å². The number of carbonyl (C=O) groups is 1. The zero-order valence-corrected chi connectivity index (χ0v) is 17.6. The summed E-state index contributed by atoms with van der Waals surface area (Å²) in [5, 5.41) is 7.67. The van der Waals surface area contributed by atoms with E-state index in [1.165, 1.54) is 12.8 Å². The summed E-state index contributed by atoms with van der Waals surface area (Å²) in [4.78, 5) is 15.1. The lowest BCUT2D eigenvalue weighted by atomic mass is 10.1. The lowest BCUT2D eigenvalue weighted by Gasteiger charge is -2.28. The number of benzene rings is 2. The topological polar surface area (TPSA) is 67.6 Å². The van der Waals surface area contributed by atoms with Crippen LogP contribution in [0, 0.1) is 0 Å². The Balaban J connectivity index is 1.44. The van der Waals surface area contributed by atoms with Gasteiger partial charge in [-0.05, 0) is 67.9 Å². The van der Waals surface area contributed by atoms with E-state index in [1.54, 1.807) is 13.2 Å². The summed E-state index contributed by atoms with van der Waals surface area (Å²) in [6, 6.07) is 17.0. The van der Waals surface area contributed by atoms with Gasteiger partial charge in [0.25, 0.3) is 5.91 Å². The standard InChI is InChI=1S/C23H24ClN3O3/c1-29-19-10-6-17(7-11-19)22-14-20(26-30-22)23(28)25-15-21(27-12-2-3-13-27)16-4-8-18(24)9-5-16/h4-11,14,21H,2-3,12-13,15H2,1H3,(H,25,28). The Kier molecular flexibility index (Phi) is 6.35. The van der Waals surface area contributed by atoms with Crippen LogP contribution < -0.4 is 10.1 Å². The normalized spacial score (nSPS) is 15.1. The molecule has 1 aliphatic rings. The van der Waals surface area contributed by atoms with Crippen molar-refractivity contribution in [1.82, 2.24) is 15.4 Å². The molecule has 6 nitrogen and oxygen atoms in total. The van der Waals surface area contributed by atoms with Gasteiger partial charge in [0.2, 0.25) is 0 Å². The van der Waals surface area contributed by atoms with Crippen molar-refractivity contribution in [3.63, 3.8) is 0 Å². The monoisotopic (exact) mass is 425 g/mol. The van der Waals surface area contributed by atoms with Crippen LogP contribution >= 0.6 is 11.6 Å². The third-order valence-electron chi connectivity index (χ3n) is 5.41. The summed E-state index contributed by atoms with van der Waals surface area (Å²) in [6.45, 7) is 2.54. The number of methoxy groups -OCH3 is 1. The Labute approximate surface area is 180 Å². The summed E-state index contributed by atoms with van der Waals surface area (Å²) in [5.41, 5.74) is 2.23. The molecule has 0 bridgehead atoms. The van der Waals surface area contributed by atoms with E-state index >= 15 is 0 Å². The van der Waals surface area contributed by atoms with Crippen LogP contribution in [0.5, 0.6) is 5.75 Å². The Bertz CT molecular complexity index is 980. The molecule has 7 heteroatoms. The highest BCUT2D eigenvalue weighted by Crippen LogP contribution is 2.26. The average molecular weight is 426 g/mol. The molecule has 0 radical (unpaired) electrons. The van der Waals surface area contributed by atoms with Crippen LogP contribution in [0.4, 0.5) is 0 Å². The van der Waals surface area contributed by atoms with E-state index in [1.807, 2.05) is 48.5 Å². The van der Waals surface area contributed by atoms with E-state index in [9.17, 15) is 4.79 Å². The molecule has 1 fully saturated rings. The minimum Gasteiger partial charge on any atom is -0.497 e. The summed E-state index contributed by atoms with van der Waals surface area (Å²) < 4.78 is 10.5. The summed E-state index contributed by atoms with van der Waals surface area (Å²) in [6.07, 6.45) is 2.35. The molecule has 156 valence electrons. The first-order valence-corrected chi connectivity index (χ1v) is 10.4. The lowest BCUT2D eigenvalue weighted by Crippen LogP contribution is -2.36. The molecule has 1 aromatic heterocycles. The van der Waals surface area contributed by atoms with E-state index < -0.39 is 0 Å². The van der Waals surface area contributed by atoms with Gasteiger partial charge in [-0.1, -0.05) is 28.9 Å². The van der Waals surface area contributed by atoms with E-state index in [4.69, 9.17) is 20.9 Å². The highest BCUT2D eigenvalue weighted by atomic mass is 35.5. The molecule has 0 aliphatic carbocycles. The predicted molar refractivity (Wildman–Crippen MR) is 116 cm³/mol. The van der Waals surface area contributed by atoms with Gasteiger partial charge in [-0.25, -0.2) is 0 Å². The molecule has 2 heterocycles. The molecule has 2 aromatic carbocycles. The lowest BCUT2D eigenvalue weighted by molar-refractivity contribution is 0.0929. The SMILES string of the molecule is COc1ccc(-c2cc(C(=O)NCC(c3ccc(Cl)cc3)N3CCCC3)no2)cc1. The van der Waals surface area contributed by atoms with E-state index in [0.29, 0.717) is 17.3 Å². The number of carbonyl (C=O) groups excluding carboxylic acids is 1. The fourth-order valence-corrected chi connectivity index (χ4v) is 3.88. The second-order valence-electron chi connectivity index (χ2n) is 7.33. The Morgan fingerprint density at radius 1 is 1.17 bits per heavy atom. The molecule has 1 unspecified atom stereocenters. The van der Waals surface area contributed by atoms with E-state index in [0.717, 1.165) is 30.0 Å². The van der Waals surface area contributed by atoms with Crippen LogP contribution in [0.25, 0.3) is 11.3 Å². The number of hydrogen-bond acceptors (Lipinski definition) is 5. The molecule has 4 rings (SSSR count). The van der Waals surface area contributed by atoms with Gasteiger partial charge in [0, 0.05) is 23.2 Å². The van der Waals surface area contributed by atoms with Gasteiger partial charge in [0.05, 0.1) is 13.2 Å². The molecular weight excluding hydrogens is 402 g/mol. The molecule has 1 N–H and O–H groups in total. The minimum absolute atomic E-state index is 0.0988. The molecule has 0 spiro atoms. The number of hydrogen-bond donors (Lipinski definition) is 1. The highest BCUT2D eigenvalue weighted by Gasteiger charge is 2.24. The zero-order chi connectivity index (χ0) is 20.9. The molecule has 0 saturated carbocycles. The number of nitrogens with one attached hydrogen (secondary N) is 1. The van der Waals surface area contributed by atoms with Gasteiger partial charge in [-0.3, -0.25) is 9.69 Å². The first-order chi connectivity index (χ1) is 14.6. The number of amides is 1. The van der Waals surface area contributed by atoms with Crippen molar-refractivity contribution in [2.75, 3.05) is 26.7 Å². The van der Waals surface area contributed by atoms with Crippen molar-refractivity contribution in [2.45, 2.75) is 18.9 Å². The Hall–Kier alpha value is -2.83. The number of halogens is 1. The maximum atomic E-state index is 12.7. The van der Waals surface area contributed by atoms with Crippen LogP contribution in [0.15, 0.2) is 59.1 Å². The van der Waals surface area contributed by atoms with Crippen molar-refractivity contribution >= 4 is 17.5 Å². The summed E-state index contributed by atoms with van der Waals surface area (Å²) >= 11 is 6.04. The molecule has 3 aromatic rings. The van der Waals surface area contributed by atoms with Gasteiger partial charge in [0.1, 0.15) is 5.75 Å². The first kappa shape index (κ1) is 20.4. The van der Waals surface area contributed by atoms with Crippen LogP contribution in [0.2, 0.25) is 5.02 Å². The number of likely N-dealkylation sites (tertiary alicyclic amines) is 1. The van der Waals surface area contributed by atoms with Crippen LogP contribution in [0.1, 0.15) is 34.9 Å². The van der Waals surface area contributed by atoms with Gasteiger partial charge >= 0.3 is 0 Å². The van der Waals surface area contributed by atoms with Crippen molar-refractivity contribution in [3.8, 4) is 17.1 Å². The third-order valence-corrected chi connectivity index (χ3v) is 5.66. The van der Waals surface area contributed by atoms with Crippen molar-refractivity contribution < 1.29 is 14.1 Å². The van der Waals surface area contributed by atoms with Crippen LogP contribution in [-0.4, -0.2) is 42.7 Å². The quantitative estimate of drug-likeness (QED) is 0.600. The Morgan fingerprint density at radius 2 is 1.87 bits per heavy atom. The number of nitrogens with zero attached hydrogens (tertiary/aromatic N) is 2. The number of aromatic nitrogens is 1. The molecule has 1 amide bonds. The summed E-state index contributed by atoms with van der Waals surface area (Å²) in [5.74, 6) is 1.04. The third kappa shape index (κ3) is 4.66. The molecular formula is C23H24ClN3O3. The smallest absolute Gasteiger partial charge is 0.273 e. The van der Waals surface area contributed by atoms with Crippen LogP contribution in [0.3, 0.4) is 0 Å². The van der Waals surface area contributed by atoms with Crippen molar-refractivity contribution in [2.24, 2.45) is 0 Å². The fourth-order valence-electron chi connectivity index (χ4n) is 3.75. The second kappa shape index (κ2) is 9.32.